The fourth-order valence-corrected chi connectivity index (χ4v) is 5.27. The number of nitriles is 1. The van der Waals surface area contributed by atoms with Gasteiger partial charge in [-0.1, -0.05) is 25.1 Å². The number of hydrogen-bond donors (Lipinski definition) is 1. The lowest BCUT2D eigenvalue weighted by Crippen LogP contribution is -2.35. The number of aliphatic carboxylic acids is 1. The molecule has 2 aliphatic rings. The maximum Gasteiger partial charge on any atom is 0.303 e. The predicted molar refractivity (Wildman–Crippen MR) is 129 cm³/mol. The summed E-state index contributed by atoms with van der Waals surface area (Å²) in [7, 11) is 0. The molecule has 3 atom stereocenters. The summed E-state index contributed by atoms with van der Waals surface area (Å²) in [6, 6.07) is 12.0. The van der Waals surface area contributed by atoms with Crippen molar-refractivity contribution in [3.63, 3.8) is 0 Å². The Kier molecular flexibility index (Phi) is 6.15. The Morgan fingerprint density at radius 2 is 2.06 bits per heavy atom. The van der Waals surface area contributed by atoms with Crippen molar-refractivity contribution < 1.29 is 19.1 Å². The van der Waals surface area contributed by atoms with Crippen molar-refractivity contribution in [2.45, 2.75) is 38.5 Å². The smallest absolute Gasteiger partial charge is 0.303 e. The molecule has 7 nitrogen and oxygen atoms in total. The van der Waals surface area contributed by atoms with E-state index in [0.717, 1.165) is 5.56 Å². The molecule has 2 heterocycles. The third kappa shape index (κ3) is 4.17. The van der Waals surface area contributed by atoms with Gasteiger partial charge in [-0.2, -0.15) is 5.26 Å². The molecule has 0 bridgehead atoms. The van der Waals surface area contributed by atoms with E-state index in [1.807, 2.05) is 13.0 Å². The summed E-state index contributed by atoms with van der Waals surface area (Å²) in [6.07, 6.45) is 4.78. The second kappa shape index (κ2) is 9.42. The van der Waals surface area contributed by atoms with Gasteiger partial charge in [-0.05, 0) is 43.0 Å². The molecular formula is C28H23FN4O3. The van der Waals surface area contributed by atoms with Crippen LogP contribution < -0.4 is 0 Å². The normalized spacial score (nSPS) is 20.6. The molecule has 1 N–H and O–H groups in total. The van der Waals surface area contributed by atoms with Gasteiger partial charge in [-0.15, -0.1) is 0 Å². The molecule has 2 aliphatic carbocycles. The molecule has 5 rings (SSSR count). The molecule has 0 saturated heterocycles. The van der Waals surface area contributed by atoms with Gasteiger partial charge < -0.3 is 5.11 Å². The molecule has 36 heavy (non-hydrogen) atoms. The lowest BCUT2D eigenvalue weighted by molar-refractivity contribution is -0.137. The maximum atomic E-state index is 15.0. The quantitative estimate of drug-likeness (QED) is 0.561. The summed E-state index contributed by atoms with van der Waals surface area (Å²) >= 11 is 0. The van der Waals surface area contributed by atoms with Crippen LogP contribution in [0.25, 0.3) is 22.6 Å². The number of nitrogens with zero attached hydrogens (tertiary/aromatic N) is 4. The Labute approximate surface area is 207 Å². The first-order valence-electron chi connectivity index (χ1n) is 11.9. The predicted octanol–water partition coefficient (Wildman–Crippen LogP) is 4.68. The van der Waals surface area contributed by atoms with Gasteiger partial charge in [0, 0.05) is 46.8 Å². The van der Waals surface area contributed by atoms with Crippen LogP contribution in [0.4, 0.5) is 4.39 Å². The summed E-state index contributed by atoms with van der Waals surface area (Å²) < 4.78 is 15.0. The van der Waals surface area contributed by atoms with Gasteiger partial charge in [0.05, 0.1) is 23.4 Å². The van der Waals surface area contributed by atoms with Gasteiger partial charge in [0.15, 0.2) is 11.6 Å². The molecule has 0 saturated carbocycles. The third-order valence-electron chi connectivity index (χ3n) is 7.13. The van der Waals surface area contributed by atoms with Crippen molar-refractivity contribution in [3.05, 3.63) is 77.0 Å². The first-order chi connectivity index (χ1) is 17.4. The zero-order valence-corrected chi connectivity index (χ0v) is 19.6. The lowest BCUT2D eigenvalue weighted by Gasteiger charge is -2.38. The summed E-state index contributed by atoms with van der Waals surface area (Å²) in [5.74, 6) is -1.70. The first-order valence-corrected chi connectivity index (χ1v) is 11.9. The van der Waals surface area contributed by atoms with Crippen molar-refractivity contribution in [1.82, 2.24) is 15.0 Å². The van der Waals surface area contributed by atoms with Crippen molar-refractivity contribution in [3.8, 4) is 28.7 Å². The number of carboxylic acids is 1. The minimum absolute atomic E-state index is 0.0121. The Bertz CT molecular complexity index is 1460. The number of hydrogen-bond acceptors (Lipinski definition) is 6. The van der Waals surface area contributed by atoms with Crippen LogP contribution in [-0.2, 0) is 22.4 Å². The Morgan fingerprint density at radius 3 is 2.81 bits per heavy atom. The van der Waals surface area contributed by atoms with Crippen molar-refractivity contribution in [2.75, 3.05) is 0 Å². The zero-order chi connectivity index (χ0) is 25.4. The number of carbonyl (C=O) groups excluding carboxylic acids is 1. The molecule has 0 fully saturated rings. The molecule has 3 aromatic rings. The molecular weight excluding hydrogens is 459 g/mol. The number of rotatable bonds is 5. The van der Waals surface area contributed by atoms with Crippen LogP contribution in [-0.4, -0.2) is 31.8 Å². The summed E-state index contributed by atoms with van der Waals surface area (Å²) in [6.45, 7) is 1.85. The van der Waals surface area contributed by atoms with Crippen LogP contribution in [0.1, 0.15) is 42.6 Å². The minimum atomic E-state index is -0.916. The van der Waals surface area contributed by atoms with Crippen molar-refractivity contribution in [2.24, 2.45) is 11.8 Å². The molecule has 3 unspecified atom stereocenters. The molecule has 0 radical (unpaired) electrons. The number of carboxylic acid groups (broad SMARTS) is 1. The summed E-state index contributed by atoms with van der Waals surface area (Å²) in [4.78, 5) is 37.6. The number of halogens is 1. The van der Waals surface area contributed by atoms with Gasteiger partial charge in [0.1, 0.15) is 11.9 Å². The number of allylic oxidation sites excluding steroid dienone is 2. The van der Waals surface area contributed by atoms with Crippen molar-refractivity contribution >= 4 is 11.8 Å². The van der Waals surface area contributed by atoms with Crippen LogP contribution in [0.15, 0.2) is 54.2 Å². The van der Waals surface area contributed by atoms with E-state index >= 15 is 0 Å². The third-order valence-corrected chi connectivity index (χ3v) is 7.13. The number of ketones is 1. The second-order valence-corrected chi connectivity index (χ2v) is 9.24. The number of benzene rings is 1. The highest BCUT2D eigenvalue weighted by atomic mass is 19.1. The summed E-state index contributed by atoms with van der Waals surface area (Å²) in [5, 5.41) is 18.6. The standard InChI is InChI=1S/C28H23FN4O3/c1-15-19-7-8-21-25(20-4-2-3-5-23(20)29)32-28(16-10-11-31-18(12-16)6-9-24(34)35)33-26(21)22(19)13-17(14-30)27(15)36/h2-5,10-13,15,19,22H,6-9H2,1H3,(H,34,35). The Hall–Kier alpha value is -4.25. The van der Waals surface area contributed by atoms with Crippen LogP contribution in [0.5, 0.6) is 0 Å². The van der Waals surface area contributed by atoms with E-state index in [9.17, 15) is 19.2 Å². The van der Waals surface area contributed by atoms with Crippen LogP contribution >= 0.6 is 0 Å². The first kappa shape index (κ1) is 23.5. The van der Waals surface area contributed by atoms with E-state index in [2.05, 4.69) is 4.98 Å². The fraction of sp³-hybridized carbons (Fsp3) is 0.286. The molecule has 0 amide bonds. The van der Waals surface area contributed by atoms with Gasteiger partial charge >= 0.3 is 5.97 Å². The second-order valence-electron chi connectivity index (χ2n) is 9.24. The van der Waals surface area contributed by atoms with E-state index in [0.29, 0.717) is 46.9 Å². The highest BCUT2D eigenvalue weighted by Crippen LogP contribution is 2.47. The number of Topliss-reactive ketones (excluding diaryl/α,β-unsaturated/α-hetero) is 1. The van der Waals surface area contributed by atoms with E-state index in [1.165, 1.54) is 6.07 Å². The van der Waals surface area contributed by atoms with Crippen molar-refractivity contribution in [1.29, 1.82) is 5.26 Å². The maximum absolute atomic E-state index is 15.0. The van der Waals surface area contributed by atoms with Gasteiger partial charge in [-0.3, -0.25) is 14.6 Å². The van der Waals surface area contributed by atoms with E-state index in [4.69, 9.17) is 15.1 Å². The number of carbonyl (C=O) groups is 2. The molecule has 0 spiro atoms. The van der Waals surface area contributed by atoms with Crippen LogP contribution in [0.3, 0.4) is 0 Å². The number of fused-ring (bicyclic) bond motifs is 3. The van der Waals surface area contributed by atoms with Crippen LogP contribution in [0, 0.1) is 29.0 Å². The highest BCUT2D eigenvalue weighted by molar-refractivity contribution is 6.01. The van der Waals surface area contributed by atoms with E-state index in [-0.39, 0.29) is 42.0 Å². The average Bonchev–Trinajstić information content (AvgIpc) is 2.89. The number of pyridine rings is 1. The monoisotopic (exact) mass is 482 g/mol. The Balaban J connectivity index is 1.71. The SMILES string of the molecule is CC1C(=O)C(C#N)=CC2c3nc(-c4ccnc(CCC(=O)O)c4)nc(-c4ccccc4F)c3CCC12. The molecule has 1 aromatic carbocycles. The topological polar surface area (TPSA) is 117 Å². The summed E-state index contributed by atoms with van der Waals surface area (Å²) in [5.41, 5.74) is 3.73. The van der Waals surface area contributed by atoms with Gasteiger partial charge in [0.25, 0.3) is 0 Å². The fourth-order valence-electron chi connectivity index (χ4n) is 5.27. The average molecular weight is 483 g/mol. The van der Waals surface area contributed by atoms with E-state index in [1.54, 1.807) is 42.6 Å². The zero-order valence-electron chi connectivity index (χ0n) is 19.6. The highest BCUT2D eigenvalue weighted by Gasteiger charge is 2.42. The molecule has 0 aliphatic heterocycles. The minimum Gasteiger partial charge on any atom is -0.481 e. The van der Waals surface area contributed by atoms with E-state index < -0.39 is 11.8 Å². The van der Waals surface area contributed by atoms with Crippen LogP contribution in [0.2, 0.25) is 0 Å². The Morgan fingerprint density at radius 1 is 1.25 bits per heavy atom. The van der Waals surface area contributed by atoms with Gasteiger partial charge in [0.2, 0.25) is 0 Å². The largest absolute Gasteiger partial charge is 0.481 e. The lowest BCUT2D eigenvalue weighted by atomic mass is 9.66. The number of aryl methyl sites for hydroxylation is 1. The number of aromatic nitrogens is 3. The molecule has 2 aromatic heterocycles. The van der Waals surface area contributed by atoms with Gasteiger partial charge in [-0.25, -0.2) is 14.4 Å². The molecule has 180 valence electrons. The molecule has 8 heteroatoms.